The smallest absolute Gasteiger partial charge is 0.433 e. The van der Waals surface area contributed by atoms with Crippen molar-refractivity contribution in [2.45, 2.75) is 57.8 Å². The average molecular weight is 243 g/mol. The lowest BCUT2D eigenvalue weighted by atomic mass is 9.86. The van der Waals surface area contributed by atoms with Gasteiger partial charge in [0.2, 0.25) is 0 Å². The fourth-order valence-corrected chi connectivity index (χ4v) is 1.75. The number of hydrogen-bond donors (Lipinski definition) is 2. The summed E-state index contributed by atoms with van der Waals surface area (Å²) in [5.41, 5.74) is -0.545. The van der Waals surface area contributed by atoms with Crippen LogP contribution in [0.4, 0.5) is 4.79 Å². The summed E-state index contributed by atoms with van der Waals surface area (Å²) in [6.45, 7) is 5.34. The molecule has 0 aromatic heterocycles. The van der Waals surface area contributed by atoms with Crippen LogP contribution in [0.2, 0.25) is 0 Å². The van der Waals surface area contributed by atoms with Crippen LogP contribution in [0.3, 0.4) is 0 Å². The fraction of sp³-hybridized carbons (Fsp3) is 0.833. The first kappa shape index (κ1) is 14.1. The third kappa shape index (κ3) is 5.28. The van der Waals surface area contributed by atoms with Gasteiger partial charge in [0.05, 0.1) is 12.2 Å². The van der Waals surface area contributed by atoms with Crippen molar-refractivity contribution in [2.24, 2.45) is 10.9 Å². The summed E-state index contributed by atoms with van der Waals surface area (Å²) in [4.78, 5) is 15.0. The van der Waals surface area contributed by atoms with Crippen LogP contribution in [0.5, 0.6) is 0 Å². The molecule has 1 rings (SSSR count). The van der Waals surface area contributed by atoms with Crippen molar-refractivity contribution < 1.29 is 19.7 Å². The van der Waals surface area contributed by atoms with E-state index in [9.17, 15) is 15.0 Å². The molecule has 0 heterocycles. The number of carbonyl (C=O) groups is 1. The van der Waals surface area contributed by atoms with Crippen LogP contribution in [0, 0.1) is 5.92 Å². The van der Waals surface area contributed by atoms with Crippen molar-refractivity contribution in [3.63, 3.8) is 0 Å². The van der Waals surface area contributed by atoms with Gasteiger partial charge in [-0.3, -0.25) is 0 Å². The summed E-state index contributed by atoms with van der Waals surface area (Å²) in [6.07, 6.45) is 1.23. The van der Waals surface area contributed by atoms with Crippen molar-refractivity contribution in [3.8, 4) is 0 Å². The van der Waals surface area contributed by atoms with E-state index in [0.29, 0.717) is 12.8 Å². The minimum Gasteiger partial charge on any atom is -0.442 e. The van der Waals surface area contributed by atoms with Gasteiger partial charge < -0.3 is 14.9 Å². The van der Waals surface area contributed by atoms with E-state index in [4.69, 9.17) is 4.74 Å². The van der Waals surface area contributed by atoms with Crippen molar-refractivity contribution in [3.05, 3.63) is 0 Å². The topological polar surface area (TPSA) is 79.1 Å². The van der Waals surface area contributed by atoms with Gasteiger partial charge in [0, 0.05) is 6.21 Å². The molecule has 1 aliphatic carbocycles. The number of carbonyl (C=O) groups excluding carboxylic acids is 1. The maximum atomic E-state index is 11.3. The van der Waals surface area contributed by atoms with Crippen molar-refractivity contribution in [1.82, 2.24) is 0 Å². The van der Waals surface area contributed by atoms with E-state index in [0.717, 1.165) is 6.42 Å². The number of amides is 1. The zero-order chi connectivity index (χ0) is 13.1. The summed E-state index contributed by atoms with van der Waals surface area (Å²) >= 11 is 0. The number of aliphatic imine (C=N–C) groups is 1. The van der Waals surface area contributed by atoms with Gasteiger partial charge in [-0.1, -0.05) is 0 Å². The van der Waals surface area contributed by atoms with Crippen molar-refractivity contribution in [1.29, 1.82) is 0 Å². The second kappa shape index (κ2) is 5.60. The Bertz CT molecular complexity index is 295. The number of aliphatic hydroxyl groups is 2. The molecule has 0 aliphatic heterocycles. The predicted molar refractivity (Wildman–Crippen MR) is 64.1 cm³/mol. The number of rotatable bonds is 1. The van der Waals surface area contributed by atoms with E-state index in [1.807, 2.05) is 0 Å². The Labute approximate surface area is 102 Å². The Morgan fingerprint density at radius 3 is 2.47 bits per heavy atom. The lowest BCUT2D eigenvalue weighted by Gasteiger charge is -2.27. The Hall–Kier alpha value is -0.940. The molecule has 3 atom stereocenters. The number of ether oxygens (including phenoxy) is 1. The molecule has 0 aromatic rings. The zero-order valence-electron chi connectivity index (χ0n) is 10.6. The molecule has 1 aliphatic rings. The Kier molecular flexibility index (Phi) is 4.65. The van der Waals surface area contributed by atoms with Crippen LogP contribution in [-0.2, 0) is 4.74 Å². The first-order valence-electron chi connectivity index (χ1n) is 5.91. The van der Waals surface area contributed by atoms with Gasteiger partial charge in [-0.15, -0.1) is 0 Å². The highest BCUT2D eigenvalue weighted by molar-refractivity contribution is 5.80. The van der Waals surface area contributed by atoms with E-state index >= 15 is 0 Å². The number of aliphatic hydroxyl groups excluding tert-OH is 2. The molecule has 17 heavy (non-hydrogen) atoms. The molecular formula is C12H21NO4. The van der Waals surface area contributed by atoms with Gasteiger partial charge in [0.1, 0.15) is 5.60 Å². The van der Waals surface area contributed by atoms with E-state index in [-0.39, 0.29) is 5.92 Å². The molecule has 2 N–H and O–H groups in total. The van der Waals surface area contributed by atoms with Crippen LogP contribution in [0.1, 0.15) is 40.0 Å². The van der Waals surface area contributed by atoms with Crippen molar-refractivity contribution in [2.75, 3.05) is 0 Å². The van der Waals surface area contributed by atoms with E-state index in [2.05, 4.69) is 4.99 Å². The highest BCUT2D eigenvalue weighted by Gasteiger charge is 2.26. The van der Waals surface area contributed by atoms with Crippen LogP contribution in [0.15, 0.2) is 4.99 Å². The Morgan fingerprint density at radius 1 is 1.29 bits per heavy atom. The van der Waals surface area contributed by atoms with E-state index < -0.39 is 23.9 Å². The van der Waals surface area contributed by atoms with Crippen LogP contribution in [-0.4, -0.2) is 40.3 Å². The molecule has 0 radical (unpaired) electrons. The molecule has 0 aromatic carbocycles. The van der Waals surface area contributed by atoms with E-state index in [1.165, 1.54) is 6.21 Å². The van der Waals surface area contributed by atoms with Crippen LogP contribution in [0.25, 0.3) is 0 Å². The average Bonchev–Trinajstić information content (AvgIpc) is 2.17. The molecule has 1 amide bonds. The van der Waals surface area contributed by atoms with Crippen molar-refractivity contribution >= 4 is 12.3 Å². The highest BCUT2D eigenvalue weighted by atomic mass is 16.6. The van der Waals surface area contributed by atoms with Gasteiger partial charge in [0.15, 0.2) is 0 Å². The largest absolute Gasteiger partial charge is 0.442 e. The molecule has 0 saturated heterocycles. The summed E-state index contributed by atoms with van der Waals surface area (Å²) in [6, 6.07) is 0. The first-order chi connectivity index (χ1) is 7.78. The second-order valence-corrected chi connectivity index (χ2v) is 5.47. The second-order valence-electron chi connectivity index (χ2n) is 5.47. The molecular weight excluding hydrogens is 222 g/mol. The minimum absolute atomic E-state index is 0.0286. The van der Waals surface area contributed by atoms with Crippen LogP contribution < -0.4 is 0 Å². The van der Waals surface area contributed by atoms with Gasteiger partial charge >= 0.3 is 6.09 Å². The Morgan fingerprint density at radius 2 is 1.94 bits per heavy atom. The molecule has 98 valence electrons. The highest BCUT2D eigenvalue weighted by Crippen LogP contribution is 2.23. The lowest BCUT2D eigenvalue weighted by molar-refractivity contribution is -0.0160. The predicted octanol–water partition coefficient (Wildman–Crippen LogP) is 1.51. The molecule has 1 saturated carbocycles. The maximum Gasteiger partial charge on any atom is 0.433 e. The zero-order valence-corrected chi connectivity index (χ0v) is 10.6. The summed E-state index contributed by atoms with van der Waals surface area (Å²) in [5, 5.41) is 18.8. The van der Waals surface area contributed by atoms with Gasteiger partial charge in [-0.25, -0.2) is 4.79 Å². The first-order valence-corrected chi connectivity index (χ1v) is 5.91. The molecule has 5 nitrogen and oxygen atoms in total. The van der Waals surface area contributed by atoms with Crippen LogP contribution >= 0.6 is 0 Å². The normalized spacial score (nSPS) is 30.5. The monoisotopic (exact) mass is 243 g/mol. The number of hydrogen-bond acceptors (Lipinski definition) is 4. The van der Waals surface area contributed by atoms with Gasteiger partial charge in [0.25, 0.3) is 0 Å². The number of nitrogens with zero attached hydrogens (tertiary/aromatic N) is 1. The Balaban J connectivity index is 2.41. The fourth-order valence-electron chi connectivity index (χ4n) is 1.75. The maximum absolute atomic E-state index is 11.3. The van der Waals surface area contributed by atoms with Gasteiger partial charge in [-0.05, 0) is 46.0 Å². The van der Waals surface area contributed by atoms with E-state index in [1.54, 1.807) is 20.8 Å². The summed E-state index contributed by atoms with van der Waals surface area (Å²) in [7, 11) is 0. The molecule has 5 heteroatoms. The molecule has 1 fully saturated rings. The summed E-state index contributed by atoms with van der Waals surface area (Å²) < 4.78 is 5.03. The summed E-state index contributed by atoms with van der Waals surface area (Å²) in [5.74, 6) is 0.0286. The third-order valence-corrected chi connectivity index (χ3v) is 2.61. The minimum atomic E-state index is -0.723. The molecule has 0 bridgehead atoms. The SMILES string of the molecule is CC(C)(C)OC(=O)/N=C\C1CCC(O)C(O)C1. The van der Waals surface area contributed by atoms with Gasteiger partial charge in [-0.2, -0.15) is 4.99 Å². The standard InChI is InChI=1S/C12H21NO4/c1-12(2,3)17-11(16)13-7-8-4-5-9(14)10(15)6-8/h7-10,14-15H,4-6H2,1-3H3/b13-7-. The quantitative estimate of drug-likeness (QED) is 0.684. The molecule has 3 unspecified atom stereocenters. The third-order valence-electron chi connectivity index (χ3n) is 2.61. The lowest BCUT2D eigenvalue weighted by Crippen LogP contribution is -2.34. The molecule has 0 spiro atoms.